The number of nitrogens with zero attached hydrogens (tertiary/aromatic N) is 4. The summed E-state index contributed by atoms with van der Waals surface area (Å²) in [7, 11) is 0. The van der Waals surface area contributed by atoms with Gasteiger partial charge in [0.2, 0.25) is 0 Å². The van der Waals surface area contributed by atoms with Crippen molar-refractivity contribution in [1.29, 1.82) is 0 Å². The Morgan fingerprint density at radius 1 is 1.39 bits per heavy atom. The smallest absolute Gasteiger partial charge is 0.254 e. The summed E-state index contributed by atoms with van der Waals surface area (Å²) >= 11 is 0. The average molecular weight is 311 g/mol. The van der Waals surface area contributed by atoms with Crippen molar-refractivity contribution in [1.82, 2.24) is 19.6 Å². The van der Waals surface area contributed by atoms with Crippen molar-refractivity contribution in [3.05, 3.63) is 47.4 Å². The van der Waals surface area contributed by atoms with Gasteiger partial charge in [0, 0.05) is 24.7 Å². The third kappa shape index (κ3) is 2.59. The topological polar surface area (TPSA) is 84.6 Å². The predicted octanol–water partition coefficient (Wildman–Crippen LogP) is 1.51. The molecule has 4 rings (SSSR count). The minimum Gasteiger partial charge on any atom is -0.493 e. The monoisotopic (exact) mass is 311 g/mol. The molecule has 1 atom stereocenters. The molecule has 0 fully saturated rings. The highest BCUT2D eigenvalue weighted by atomic mass is 16.5. The lowest BCUT2D eigenvalue weighted by atomic mass is 10.0. The summed E-state index contributed by atoms with van der Waals surface area (Å²) in [5, 5.41) is 17.8. The number of nitrogens with one attached hydrogen (secondary N) is 1. The van der Waals surface area contributed by atoms with Crippen LogP contribution in [0, 0.1) is 6.92 Å². The zero-order valence-corrected chi connectivity index (χ0v) is 12.7. The van der Waals surface area contributed by atoms with Crippen molar-refractivity contribution in [2.45, 2.75) is 19.4 Å². The van der Waals surface area contributed by atoms with E-state index in [0.29, 0.717) is 18.9 Å². The molecule has 0 radical (unpaired) electrons. The number of aryl methyl sites for hydroxylation is 1. The Morgan fingerprint density at radius 2 is 2.30 bits per heavy atom. The fraction of sp³-hybridized carbons (Fsp3) is 0.312. The lowest BCUT2D eigenvalue weighted by Gasteiger charge is -2.14. The second kappa shape index (κ2) is 5.51. The molecule has 0 bridgehead atoms. The van der Waals surface area contributed by atoms with Gasteiger partial charge < -0.3 is 15.2 Å². The second-order valence-electron chi connectivity index (χ2n) is 5.62. The molecule has 0 aliphatic carbocycles. The Hall–Kier alpha value is -2.67. The highest BCUT2D eigenvalue weighted by Gasteiger charge is 2.16. The van der Waals surface area contributed by atoms with Crippen LogP contribution < -0.4 is 10.1 Å². The van der Waals surface area contributed by atoms with Gasteiger partial charge in [0.15, 0.2) is 0 Å². The molecule has 0 saturated heterocycles. The molecule has 1 unspecified atom stereocenters. The third-order valence-electron chi connectivity index (χ3n) is 3.95. The van der Waals surface area contributed by atoms with Crippen molar-refractivity contribution in [3.63, 3.8) is 0 Å². The van der Waals surface area contributed by atoms with Gasteiger partial charge in [0.1, 0.15) is 17.9 Å². The molecular weight excluding hydrogens is 294 g/mol. The van der Waals surface area contributed by atoms with Crippen LogP contribution in [0.1, 0.15) is 22.9 Å². The van der Waals surface area contributed by atoms with E-state index < -0.39 is 6.10 Å². The number of aliphatic hydroxyl groups is 1. The summed E-state index contributed by atoms with van der Waals surface area (Å²) in [6.07, 6.45) is 1.74. The quantitative estimate of drug-likeness (QED) is 0.760. The Morgan fingerprint density at radius 3 is 3.22 bits per heavy atom. The average Bonchev–Trinajstić information content (AvgIpc) is 3.19. The minimum absolute atomic E-state index is 0.373. The van der Waals surface area contributed by atoms with Gasteiger partial charge in [-0.3, -0.25) is 0 Å². The van der Waals surface area contributed by atoms with Crippen molar-refractivity contribution in [3.8, 4) is 5.75 Å². The molecule has 118 valence electrons. The van der Waals surface area contributed by atoms with E-state index in [4.69, 9.17) is 4.74 Å². The molecule has 7 nitrogen and oxygen atoms in total. The molecule has 23 heavy (non-hydrogen) atoms. The number of hydrogen-bond acceptors (Lipinski definition) is 6. The summed E-state index contributed by atoms with van der Waals surface area (Å²) in [5.41, 5.74) is 2.87. The Labute approximate surface area is 133 Å². The largest absolute Gasteiger partial charge is 0.493 e. The molecule has 0 spiro atoms. The Balaban J connectivity index is 1.52. The maximum absolute atomic E-state index is 10.4. The fourth-order valence-electron chi connectivity index (χ4n) is 2.79. The summed E-state index contributed by atoms with van der Waals surface area (Å²) < 4.78 is 7.11. The summed E-state index contributed by atoms with van der Waals surface area (Å²) in [4.78, 5) is 8.38. The first kappa shape index (κ1) is 14.0. The van der Waals surface area contributed by atoms with E-state index in [9.17, 15) is 5.11 Å². The van der Waals surface area contributed by atoms with Gasteiger partial charge in [-0.1, -0.05) is 6.07 Å². The standard InChI is InChI=1S/C16H17N5O2/c1-10-6-15(21-16(20-10)18-9-19-21)17-8-13(22)11-2-3-14-12(7-11)4-5-23-14/h2-3,6-7,9,13,17,22H,4-5,8H2,1H3. The molecule has 1 aliphatic rings. The molecule has 0 amide bonds. The number of ether oxygens (including phenoxy) is 1. The number of benzene rings is 1. The van der Waals surface area contributed by atoms with Gasteiger partial charge in [0.05, 0.1) is 12.7 Å². The fourth-order valence-corrected chi connectivity index (χ4v) is 2.79. The zero-order chi connectivity index (χ0) is 15.8. The first-order chi connectivity index (χ1) is 11.2. The van der Waals surface area contributed by atoms with Crippen LogP contribution in [0.25, 0.3) is 5.78 Å². The lowest BCUT2D eigenvalue weighted by molar-refractivity contribution is 0.191. The molecule has 2 N–H and O–H groups in total. The highest BCUT2D eigenvalue weighted by molar-refractivity contribution is 5.45. The van der Waals surface area contributed by atoms with Crippen molar-refractivity contribution >= 4 is 11.6 Å². The van der Waals surface area contributed by atoms with Crippen LogP contribution in [0.4, 0.5) is 5.82 Å². The van der Waals surface area contributed by atoms with Crippen LogP contribution in [0.15, 0.2) is 30.6 Å². The summed E-state index contributed by atoms with van der Waals surface area (Å²) in [6.45, 7) is 2.99. The maximum atomic E-state index is 10.4. The van der Waals surface area contributed by atoms with Crippen molar-refractivity contribution < 1.29 is 9.84 Å². The number of hydrogen-bond donors (Lipinski definition) is 2. The number of aromatic nitrogens is 4. The number of aliphatic hydroxyl groups excluding tert-OH is 1. The molecule has 3 aromatic rings. The van der Waals surface area contributed by atoms with Gasteiger partial charge >= 0.3 is 0 Å². The number of rotatable bonds is 4. The van der Waals surface area contributed by atoms with Gasteiger partial charge in [-0.2, -0.15) is 14.6 Å². The molecule has 7 heteroatoms. The number of anilines is 1. The van der Waals surface area contributed by atoms with Gasteiger partial charge in [-0.15, -0.1) is 0 Å². The molecule has 1 aliphatic heterocycles. The van der Waals surface area contributed by atoms with Crippen molar-refractivity contribution in [2.24, 2.45) is 0 Å². The molecule has 3 heterocycles. The SMILES string of the molecule is Cc1cc(NCC(O)c2ccc3c(c2)CCO3)n2ncnc2n1. The van der Waals surface area contributed by atoms with E-state index in [2.05, 4.69) is 20.4 Å². The molecule has 0 saturated carbocycles. The second-order valence-corrected chi connectivity index (χ2v) is 5.62. The van der Waals surface area contributed by atoms with Crippen LogP contribution in [0.5, 0.6) is 5.75 Å². The summed E-state index contributed by atoms with van der Waals surface area (Å²) in [5.74, 6) is 2.22. The Kier molecular flexibility index (Phi) is 3.34. The first-order valence-electron chi connectivity index (χ1n) is 7.55. The van der Waals surface area contributed by atoms with E-state index >= 15 is 0 Å². The normalized spacial score (nSPS) is 14.5. The third-order valence-corrected chi connectivity index (χ3v) is 3.95. The van der Waals surface area contributed by atoms with Crippen LogP contribution in [-0.2, 0) is 6.42 Å². The van der Waals surface area contributed by atoms with Crippen LogP contribution in [0.3, 0.4) is 0 Å². The minimum atomic E-state index is -0.618. The lowest BCUT2D eigenvalue weighted by Crippen LogP contribution is -2.15. The summed E-state index contributed by atoms with van der Waals surface area (Å²) in [6, 6.07) is 7.72. The Bertz CT molecular complexity index is 861. The van der Waals surface area contributed by atoms with E-state index in [1.54, 1.807) is 4.52 Å². The van der Waals surface area contributed by atoms with E-state index in [-0.39, 0.29) is 0 Å². The first-order valence-corrected chi connectivity index (χ1v) is 7.55. The van der Waals surface area contributed by atoms with Crippen LogP contribution in [-0.4, -0.2) is 37.8 Å². The van der Waals surface area contributed by atoms with Crippen LogP contribution >= 0.6 is 0 Å². The molecular formula is C16H17N5O2. The van der Waals surface area contributed by atoms with E-state index in [1.807, 2.05) is 31.2 Å². The maximum Gasteiger partial charge on any atom is 0.254 e. The van der Waals surface area contributed by atoms with Crippen molar-refractivity contribution in [2.75, 3.05) is 18.5 Å². The van der Waals surface area contributed by atoms with Gasteiger partial charge in [-0.25, -0.2) is 4.98 Å². The van der Waals surface area contributed by atoms with Gasteiger partial charge in [0.25, 0.3) is 5.78 Å². The van der Waals surface area contributed by atoms with Gasteiger partial charge in [-0.05, 0) is 30.2 Å². The number of fused-ring (bicyclic) bond motifs is 2. The highest BCUT2D eigenvalue weighted by Crippen LogP contribution is 2.28. The zero-order valence-electron chi connectivity index (χ0n) is 12.7. The van der Waals surface area contributed by atoms with Crippen LogP contribution in [0.2, 0.25) is 0 Å². The van der Waals surface area contributed by atoms with E-state index in [1.165, 1.54) is 6.33 Å². The molecule has 1 aromatic carbocycles. The van der Waals surface area contributed by atoms with E-state index in [0.717, 1.165) is 34.8 Å². The molecule has 2 aromatic heterocycles. The predicted molar refractivity (Wildman–Crippen MR) is 84.6 cm³/mol.